The number of halogens is 1. The van der Waals surface area contributed by atoms with E-state index in [4.69, 9.17) is 0 Å². The fourth-order valence-electron chi connectivity index (χ4n) is 1.19. The number of aromatic hydroxyl groups is 1. The van der Waals surface area contributed by atoms with Crippen LogP contribution in [-0.2, 0) is 0 Å². The Bertz CT molecular complexity index is 347. The van der Waals surface area contributed by atoms with Gasteiger partial charge in [-0.25, -0.2) is 4.39 Å². The van der Waals surface area contributed by atoms with Crippen LogP contribution in [-0.4, -0.2) is 18.7 Å². The number of aryl methyl sites for hydroxylation is 1. The van der Waals surface area contributed by atoms with Crippen molar-refractivity contribution in [3.63, 3.8) is 0 Å². The van der Waals surface area contributed by atoms with Crippen molar-refractivity contribution in [1.82, 2.24) is 5.32 Å². The van der Waals surface area contributed by atoms with E-state index in [1.54, 1.807) is 13.0 Å². The second-order valence-corrected chi connectivity index (χ2v) is 3.12. The lowest BCUT2D eigenvalue weighted by molar-refractivity contribution is 0.467. The molecular weight excluding hydrogens is 181 g/mol. The molecule has 0 aromatic heterocycles. The molecule has 0 saturated heterocycles. The number of hydrogen-bond donors (Lipinski definition) is 2. The quantitative estimate of drug-likeness (QED) is 0.773. The van der Waals surface area contributed by atoms with Crippen molar-refractivity contribution < 1.29 is 9.50 Å². The molecule has 2 nitrogen and oxygen atoms in total. The van der Waals surface area contributed by atoms with E-state index in [0.29, 0.717) is 17.7 Å². The van der Waals surface area contributed by atoms with Crippen molar-refractivity contribution >= 4 is 6.08 Å². The van der Waals surface area contributed by atoms with Crippen molar-refractivity contribution in [2.45, 2.75) is 6.92 Å². The van der Waals surface area contributed by atoms with Crippen LogP contribution in [0.2, 0.25) is 0 Å². The number of nitrogens with one attached hydrogen (secondary N) is 1. The summed E-state index contributed by atoms with van der Waals surface area (Å²) in [4.78, 5) is 0. The van der Waals surface area contributed by atoms with Crippen LogP contribution in [0, 0.1) is 12.7 Å². The van der Waals surface area contributed by atoms with Crippen LogP contribution >= 0.6 is 0 Å². The molecule has 0 aliphatic carbocycles. The molecule has 0 bridgehead atoms. The standard InChI is InChI=1S/C11H14FNO/c1-8-6-10(12)7-9(11(8)14)4-3-5-13-2/h3-4,6-7,13-14H,5H2,1-2H3. The highest BCUT2D eigenvalue weighted by Crippen LogP contribution is 2.24. The predicted octanol–water partition coefficient (Wildman–Crippen LogP) is 2.07. The van der Waals surface area contributed by atoms with Crippen LogP contribution in [0.3, 0.4) is 0 Å². The largest absolute Gasteiger partial charge is 0.507 e. The van der Waals surface area contributed by atoms with Crippen LogP contribution in [0.4, 0.5) is 4.39 Å². The van der Waals surface area contributed by atoms with E-state index in [1.165, 1.54) is 12.1 Å². The van der Waals surface area contributed by atoms with Gasteiger partial charge in [-0.3, -0.25) is 0 Å². The van der Waals surface area contributed by atoms with Crippen LogP contribution in [0.15, 0.2) is 18.2 Å². The smallest absolute Gasteiger partial charge is 0.125 e. The Kier molecular flexibility index (Phi) is 3.65. The number of rotatable bonds is 3. The van der Waals surface area contributed by atoms with E-state index >= 15 is 0 Å². The molecule has 0 radical (unpaired) electrons. The Balaban J connectivity index is 2.96. The number of likely N-dealkylation sites (N-methyl/N-ethyl adjacent to an activating group) is 1. The molecule has 1 rings (SSSR count). The average Bonchev–Trinajstić information content (AvgIpc) is 2.13. The zero-order valence-electron chi connectivity index (χ0n) is 8.34. The van der Waals surface area contributed by atoms with E-state index in [0.717, 1.165) is 0 Å². The summed E-state index contributed by atoms with van der Waals surface area (Å²) in [5.41, 5.74) is 1.06. The number of hydrogen-bond acceptors (Lipinski definition) is 2. The van der Waals surface area contributed by atoms with Gasteiger partial charge in [0.15, 0.2) is 0 Å². The normalized spacial score (nSPS) is 11.1. The summed E-state index contributed by atoms with van der Waals surface area (Å²) in [5, 5.41) is 12.5. The Labute approximate surface area is 83.1 Å². The van der Waals surface area contributed by atoms with Gasteiger partial charge in [0.05, 0.1) is 0 Å². The summed E-state index contributed by atoms with van der Waals surface area (Å²) in [6, 6.07) is 2.62. The van der Waals surface area contributed by atoms with E-state index < -0.39 is 0 Å². The van der Waals surface area contributed by atoms with Gasteiger partial charge in [0.25, 0.3) is 0 Å². The molecule has 0 spiro atoms. The fraction of sp³-hybridized carbons (Fsp3) is 0.273. The van der Waals surface area contributed by atoms with Gasteiger partial charge in [-0.05, 0) is 31.7 Å². The third kappa shape index (κ3) is 2.57. The molecule has 0 amide bonds. The third-order valence-corrected chi connectivity index (χ3v) is 1.91. The molecule has 0 aliphatic rings. The van der Waals surface area contributed by atoms with Crippen molar-refractivity contribution in [3.8, 4) is 5.75 Å². The SMILES string of the molecule is CNCC=Cc1cc(F)cc(C)c1O. The third-order valence-electron chi connectivity index (χ3n) is 1.91. The molecule has 0 fully saturated rings. The Morgan fingerprint density at radius 2 is 2.21 bits per heavy atom. The highest BCUT2D eigenvalue weighted by Gasteiger charge is 2.03. The van der Waals surface area contributed by atoms with Gasteiger partial charge in [-0.2, -0.15) is 0 Å². The van der Waals surface area contributed by atoms with Crippen LogP contribution in [0.5, 0.6) is 5.75 Å². The zero-order chi connectivity index (χ0) is 10.6. The lowest BCUT2D eigenvalue weighted by atomic mass is 10.1. The molecule has 14 heavy (non-hydrogen) atoms. The summed E-state index contributed by atoms with van der Waals surface area (Å²) < 4.78 is 13.0. The van der Waals surface area contributed by atoms with Crippen molar-refractivity contribution in [3.05, 3.63) is 35.2 Å². The van der Waals surface area contributed by atoms with E-state index in [-0.39, 0.29) is 11.6 Å². The molecule has 2 N–H and O–H groups in total. The molecular formula is C11H14FNO. The second kappa shape index (κ2) is 4.77. The first-order valence-electron chi connectivity index (χ1n) is 4.45. The van der Waals surface area contributed by atoms with E-state index in [1.807, 2.05) is 13.1 Å². The fourth-order valence-corrected chi connectivity index (χ4v) is 1.19. The van der Waals surface area contributed by atoms with Gasteiger partial charge < -0.3 is 10.4 Å². The molecule has 0 atom stereocenters. The number of phenols is 1. The number of benzene rings is 1. The van der Waals surface area contributed by atoms with E-state index in [2.05, 4.69) is 5.32 Å². The van der Waals surface area contributed by atoms with Crippen LogP contribution < -0.4 is 5.32 Å². The molecule has 0 heterocycles. The van der Waals surface area contributed by atoms with Gasteiger partial charge >= 0.3 is 0 Å². The second-order valence-electron chi connectivity index (χ2n) is 3.12. The lowest BCUT2D eigenvalue weighted by Gasteiger charge is -2.03. The highest BCUT2D eigenvalue weighted by atomic mass is 19.1. The first-order valence-corrected chi connectivity index (χ1v) is 4.45. The van der Waals surface area contributed by atoms with Gasteiger partial charge in [-0.1, -0.05) is 12.2 Å². The highest BCUT2D eigenvalue weighted by molar-refractivity contribution is 5.59. The molecule has 0 saturated carbocycles. The summed E-state index contributed by atoms with van der Waals surface area (Å²) in [6.45, 7) is 2.36. The maximum atomic E-state index is 13.0. The summed E-state index contributed by atoms with van der Waals surface area (Å²) in [7, 11) is 1.82. The summed E-state index contributed by atoms with van der Waals surface area (Å²) >= 11 is 0. The molecule has 3 heteroatoms. The molecule has 1 aromatic carbocycles. The van der Waals surface area contributed by atoms with Crippen molar-refractivity contribution in [2.75, 3.05) is 13.6 Å². The topological polar surface area (TPSA) is 32.3 Å². The van der Waals surface area contributed by atoms with Crippen LogP contribution in [0.1, 0.15) is 11.1 Å². The minimum absolute atomic E-state index is 0.138. The Morgan fingerprint density at radius 3 is 2.86 bits per heavy atom. The van der Waals surface area contributed by atoms with E-state index in [9.17, 15) is 9.50 Å². The molecule has 0 aliphatic heterocycles. The van der Waals surface area contributed by atoms with Crippen molar-refractivity contribution in [2.24, 2.45) is 0 Å². The molecule has 76 valence electrons. The van der Waals surface area contributed by atoms with Crippen molar-refractivity contribution in [1.29, 1.82) is 0 Å². The molecule has 1 aromatic rings. The summed E-state index contributed by atoms with van der Waals surface area (Å²) in [5.74, 6) is -0.192. The number of phenolic OH excluding ortho intramolecular Hbond substituents is 1. The maximum absolute atomic E-state index is 13.0. The van der Waals surface area contributed by atoms with Gasteiger partial charge in [0.2, 0.25) is 0 Å². The zero-order valence-corrected chi connectivity index (χ0v) is 8.34. The lowest BCUT2D eigenvalue weighted by Crippen LogP contribution is -2.03. The maximum Gasteiger partial charge on any atom is 0.125 e. The first-order chi connectivity index (χ1) is 6.65. The minimum atomic E-state index is -0.329. The minimum Gasteiger partial charge on any atom is -0.507 e. The predicted molar refractivity (Wildman–Crippen MR) is 55.8 cm³/mol. The van der Waals surface area contributed by atoms with Crippen LogP contribution in [0.25, 0.3) is 6.08 Å². The van der Waals surface area contributed by atoms with Gasteiger partial charge in [0.1, 0.15) is 11.6 Å². The molecule has 0 unspecified atom stereocenters. The summed E-state index contributed by atoms with van der Waals surface area (Å²) in [6.07, 6.45) is 3.52. The Morgan fingerprint density at radius 1 is 1.50 bits per heavy atom. The monoisotopic (exact) mass is 195 g/mol. The van der Waals surface area contributed by atoms with Gasteiger partial charge in [-0.15, -0.1) is 0 Å². The first kappa shape index (κ1) is 10.7. The average molecular weight is 195 g/mol. The Hall–Kier alpha value is -1.35. The van der Waals surface area contributed by atoms with Gasteiger partial charge in [0, 0.05) is 12.1 Å².